The summed E-state index contributed by atoms with van der Waals surface area (Å²) in [6.07, 6.45) is 2.04. The van der Waals surface area contributed by atoms with E-state index in [0.29, 0.717) is 6.42 Å². The molecule has 0 fully saturated rings. The van der Waals surface area contributed by atoms with E-state index in [1.807, 2.05) is 20.8 Å². The molecule has 0 spiro atoms. The fourth-order valence-electron chi connectivity index (χ4n) is 1.56. The average Bonchev–Trinajstić information content (AvgIpc) is 2.45. The Morgan fingerprint density at radius 2 is 2.05 bits per heavy atom. The average molecular weight is 328 g/mol. The van der Waals surface area contributed by atoms with Crippen molar-refractivity contribution in [3.05, 3.63) is 42.2 Å². The molecule has 0 aliphatic carbocycles. The Balaban J connectivity index is 3.14. The van der Waals surface area contributed by atoms with E-state index < -0.39 is 32.2 Å². The second-order valence-electron chi connectivity index (χ2n) is 5.48. The summed E-state index contributed by atoms with van der Waals surface area (Å²) in [6.45, 7) is 8.97. The third-order valence-corrected chi connectivity index (χ3v) is 4.67. The van der Waals surface area contributed by atoms with Crippen molar-refractivity contribution in [2.45, 2.75) is 37.6 Å². The second kappa shape index (κ2) is 7.02. The summed E-state index contributed by atoms with van der Waals surface area (Å²) in [5.41, 5.74) is -0.354. The molecule has 0 atom stereocenters. The van der Waals surface area contributed by atoms with Crippen LogP contribution < -0.4 is 10.0 Å². The van der Waals surface area contributed by atoms with Gasteiger partial charge < -0.3 is 5.32 Å². The number of halogens is 1. The number of carbonyl (C=O) groups is 1. The van der Waals surface area contributed by atoms with Crippen molar-refractivity contribution in [2.24, 2.45) is 0 Å². The van der Waals surface area contributed by atoms with E-state index in [0.717, 1.165) is 12.1 Å². The highest BCUT2D eigenvalue weighted by atomic mass is 32.2. The van der Waals surface area contributed by atoms with Crippen molar-refractivity contribution < 1.29 is 17.6 Å². The Labute approximate surface area is 130 Å². The molecule has 0 unspecified atom stereocenters. The number of amides is 1. The molecule has 0 radical (unpaired) electrons. The zero-order valence-corrected chi connectivity index (χ0v) is 13.8. The Hall–Kier alpha value is -1.73. The number of sulfonamides is 1. The van der Waals surface area contributed by atoms with Crippen molar-refractivity contribution in [2.75, 3.05) is 6.54 Å². The van der Waals surface area contributed by atoms with Crippen LogP contribution in [0, 0.1) is 5.82 Å². The van der Waals surface area contributed by atoms with Crippen LogP contribution in [0.25, 0.3) is 0 Å². The van der Waals surface area contributed by atoms with E-state index >= 15 is 0 Å². The molecule has 0 aromatic heterocycles. The molecule has 22 heavy (non-hydrogen) atoms. The molecule has 1 amide bonds. The van der Waals surface area contributed by atoms with Crippen molar-refractivity contribution in [1.82, 2.24) is 10.0 Å². The highest BCUT2D eigenvalue weighted by Gasteiger charge is 2.23. The Kier molecular flexibility index (Phi) is 5.85. The standard InChI is InChI=1S/C15H21FN2O3S/c1-5-9-17-22(20,21)13-10-11(7-8-12(13)16)14(19)18-15(3,4)6-2/h5,7-8,10,17H,1,6,9H2,2-4H3,(H,18,19). The molecule has 5 nitrogen and oxygen atoms in total. The first-order valence-electron chi connectivity index (χ1n) is 6.85. The molecule has 0 saturated heterocycles. The molecule has 0 aliphatic heterocycles. The summed E-state index contributed by atoms with van der Waals surface area (Å²) in [7, 11) is -4.03. The van der Waals surface area contributed by atoms with Gasteiger partial charge in [-0.1, -0.05) is 13.0 Å². The predicted molar refractivity (Wildman–Crippen MR) is 83.6 cm³/mol. The van der Waals surface area contributed by atoms with Gasteiger partial charge in [-0.25, -0.2) is 17.5 Å². The molecule has 0 aliphatic rings. The highest BCUT2D eigenvalue weighted by molar-refractivity contribution is 7.89. The molecule has 7 heteroatoms. The van der Waals surface area contributed by atoms with Gasteiger partial charge in [-0.3, -0.25) is 4.79 Å². The summed E-state index contributed by atoms with van der Waals surface area (Å²) in [5.74, 6) is -1.37. The van der Waals surface area contributed by atoms with Gasteiger partial charge in [0.05, 0.1) is 0 Å². The van der Waals surface area contributed by atoms with Gasteiger partial charge in [0.1, 0.15) is 10.7 Å². The quantitative estimate of drug-likeness (QED) is 0.754. The zero-order valence-electron chi connectivity index (χ0n) is 12.9. The first kappa shape index (κ1) is 18.3. The van der Waals surface area contributed by atoms with Crippen LogP contribution in [-0.2, 0) is 10.0 Å². The molecule has 122 valence electrons. The lowest BCUT2D eigenvalue weighted by Crippen LogP contribution is -2.42. The zero-order chi connectivity index (χ0) is 17.0. The van der Waals surface area contributed by atoms with Crippen molar-refractivity contribution in [3.63, 3.8) is 0 Å². The Morgan fingerprint density at radius 3 is 2.59 bits per heavy atom. The molecule has 0 saturated carbocycles. The number of nitrogens with one attached hydrogen (secondary N) is 2. The van der Waals surface area contributed by atoms with Gasteiger partial charge in [0.2, 0.25) is 10.0 Å². The van der Waals surface area contributed by atoms with Crippen molar-refractivity contribution in [3.8, 4) is 0 Å². The molecular weight excluding hydrogens is 307 g/mol. The summed E-state index contributed by atoms with van der Waals surface area (Å²) in [4.78, 5) is 11.6. The van der Waals surface area contributed by atoms with Crippen LogP contribution in [-0.4, -0.2) is 26.4 Å². The van der Waals surface area contributed by atoms with E-state index in [1.165, 1.54) is 12.1 Å². The van der Waals surface area contributed by atoms with Crippen LogP contribution in [0.2, 0.25) is 0 Å². The maximum Gasteiger partial charge on any atom is 0.251 e. The molecule has 0 bridgehead atoms. The third kappa shape index (κ3) is 4.64. The third-order valence-electron chi connectivity index (χ3n) is 3.24. The van der Waals surface area contributed by atoms with Crippen LogP contribution in [0.3, 0.4) is 0 Å². The molecule has 0 heterocycles. The minimum Gasteiger partial charge on any atom is -0.347 e. The number of hydrogen-bond acceptors (Lipinski definition) is 3. The monoisotopic (exact) mass is 328 g/mol. The number of benzene rings is 1. The summed E-state index contributed by atoms with van der Waals surface area (Å²) in [5, 5.41) is 2.77. The number of hydrogen-bond donors (Lipinski definition) is 2. The lowest BCUT2D eigenvalue weighted by molar-refractivity contribution is 0.0911. The van der Waals surface area contributed by atoms with Gasteiger partial charge in [0, 0.05) is 17.6 Å². The normalized spacial score (nSPS) is 12.0. The smallest absolute Gasteiger partial charge is 0.251 e. The van der Waals surface area contributed by atoms with Gasteiger partial charge in [0.15, 0.2) is 0 Å². The highest BCUT2D eigenvalue weighted by Crippen LogP contribution is 2.17. The Morgan fingerprint density at radius 1 is 1.41 bits per heavy atom. The maximum absolute atomic E-state index is 13.8. The lowest BCUT2D eigenvalue weighted by Gasteiger charge is -2.24. The van der Waals surface area contributed by atoms with Crippen LogP contribution >= 0.6 is 0 Å². The minimum atomic E-state index is -4.03. The number of carbonyl (C=O) groups excluding carboxylic acids is 1. The van der Waals surface area contributed by atoms with Gasteiger partial charge in [-0.2, -0.15) is 0 Å². The van der Waals surface area contributed by atoms with Crippen LogP contribution in [0.1, 0.15) is 37.6 Å². The first-order valence-corrected chi connectivity index (χ1v) is 8.34. The van der Waals surface area contributed by atoms with Crippen LogP contribution in [0.4, 0.5) is 4.39 Å². The summed E-state index contributed by atoms with van der Waals surface area (Å²) >= 11 is 0. The SMILES string of the molecule is C=CCNS(=O)(=O)c1cc(C(=O)NC(C)(C)CC)ccc1F. The predicted octanol–water partition coefficient (Wildman–Crippen LogP) is 2.21. The molecular formula is C15H21FN2O3S. The second-order valence-corrected chi connectivity index (χ2v) is 7.21. The molecule has 1 aromatic carbocycles. The molecule has 1 rings (SSSR count). The van der Waals surface area contributed by atoms with Gasteiger partial charge in [-0.15, -0.1) is 6.58 Å². The van der Waals surface area contributed by atoms with Gasteiger partial charge >= 0.3 is 0 Å². The van der Waals surface area contributed by atoms with Crippen LogP contribution in [0.15, 0.2) is 35.7 Å². The first-order chi connectivity index (χ1) is 10.1. The summed E-state index contributed by atoms with van der Waals surface area (Å²) < 4.78 is 40.0. The Bertz CT molecular complexity index is 669. The topological polar surface area (TPSA) is 75.3 Å². The minimum absolute atomic E-state index is 0.0267. The van der Waals surface area contributed by atoms with Gasteiger partial charge in [-0.05, 0) is 38.5 Å². The molecule has 2 N–H and O–H groups in total. The fourth-order valence-corrected chi connectivity index (χ4v) is 2.66. The van der Waals surface area contributed by atoms with E-state index in [4.69, 9.17) is 0 Å². The number of rotatable bonds is 7. The van der Waals surface area contributed by atoms with E-state index in [-0.39, 0.29) is 12.1 Å². The lowest BCUT2D eigenvalue weighted by atomic mass is 10.0. The van der Waals surface area contributed by atoms with Crippen LogP contribution in [0.5, 0.6) is 0 Å². The largest absolute Gasteiger partial charge is 0.347 e. The van der Waals surface area contributed by atoms with Gasteiger partial charge in [0.25, 0.3) is 5.91 Å². The fraction of sp³-hybridized carbons (Fsp3) is 0.400. The van der Waals surface area contributed by atoms with E-state index in [1.54, 1.807) is 0 Å². The maximum atomic E-state index is 13.8. The van der Waals surface area contributed by atoms with Crippen molar-refractivity contribution >= 4 is 15.9 Å². The summed E-state index contributed by atoms with van der Waals surface area (Å²) in [6, 6.07) is 3.25. The molecule has 1 aromatic rings. The van der Waals surface area contributed by atoms with E-state index in [2.05, 4.69) is 16.6 Å². The van der Waals surface area contributed by atoms with Crippen molar-refractivity contribution in [1.29, 1.82) is 0 Å². The van der Waals surface area contributed by atoms with E-state index in [9.17, 15) is 17.6 Å².